The second-order valence-corrected chi connectivity index (χ2v) is 7.88. The third kappa shape index (κ3) is 4.86. The van der Waals surface area contributed by atoms with Gasteiger partial charge in [0, 0.05) is 13.1 Å². The minimum atomic E-state index is -0.619. The van der Waals surface area contributed by atoms with Gasteiger partial charge in [0.15, 0.2) is 0 Å². The van der Waals surface area contributed by atoms with Gasteiger partial charge in [-0.15, -0.1) is 0 Å². The van der Waals surface area contributed by atoms with Crippen LogP contribution in [0.3, 0.4) is 0 Å². The second-order valence-electron chi connectivity index (χ2n) is 7.88. The lowest BCUT2D eigenvalue weighted by Crippen LogP contribution is -2.29. The van der Waals surface area contributed by atoms with Crippen molar-refractivity contribution in [1.82, 2.24) is 30.6 Å². The number of hydrogen-bond acceptors (Lipinski definition) is 6. The van der Waals surface area contributed by atoms with E-state index in [-0.39, 0.29) is 0 Å². The number of rotatable bonds is 4. The summed E-state index contributed by atoms with van der Waals surface area (Å²) in [4.78, 5) is 55.5. The van der Waals surface area contributed by atoms with Gasteiger partial charge in [-0.2, -0.15) is 0 Å². The highest BCUT2D eigenvalue weighted by Crippen LogP contribution is 2.21. The van der Waals surface area contributed by atoms with E-state index in [9.17, 15) is 19.2 Å². The highest BCUT2D eigenvalue weighted by molar-refractivity contribution is 5.80. The highest BCUT2D eigenvalue weighted by Gasteiger charge is 2.10. The third-order valence-electron chi connectivity index (χ3n) is 5.62. The molecule has 33 heavy (non-hydrogen) atoms. The summed E-state index contributed by atoms with van der Waals surface area (Å²) in [6, 6.07) is 5.59. The van der Waals surface area contributed by atoms with Crippen molar-refractivity contribution in [3.05, 3.63) is 87.4 Å². The van der Waals surface area contributed by atoms with Crippen molar-refractivity contribution >= 4 is 22.1 Å². The number of aryl methyl sites for hydroxylation is 2. The smallest absolute Gasteiger partial charge is 0.314 e. The maximum absolute atomic E-state index is 11.4. The molecule has 10 heteroatoms. The molecule has 0 aliphatic heterocycles. The number of aromatic nitrogens is 4. The van der Waals surface area contributed by atoms with Crippen LogP contribution in [0.2, 0.25) is 0 Å². The van der Waals surface area contributed by atoms with E-state index < -0.39 is 22.2 Å². The van der Waals surface area contributed by atoms with Crippen LogP contribution < -0.4 is 32.9 Å². The van der Waals surface area contributed by atoms with Gasteiger partial charge in [0.2, 0.25) is 0 Å². The lowest BCUT2D eigenvalue weighted by atomic mass is 10.0. The van der Waals surface area contributed by atoms with Gasteiger partial charge in [-0.05, 0) is 74.8 Å². The fraction of sp³-hybridized carbons (Fsp3) is 0.304. The molecule has 10 nitrogen and oxygen atoms in total. The van der Waals surface area contributed by atoms with Crippen molar-refractivity contribution in [1.29, 1.82) is 0 Å². The summed E-state index contributed by atoms with van der Waals surface area (Å²) in [6.07, 6.45) is 0. The van der Waals surface area contributed by atoms with Crippen LogP contribution in [0.25, 0.3) is 22.1 Å². The lowest BCUT2D eigenvalue weighted by Gasteiger charge is -2.12. The van der Waals surface area contributed by atoms with Gasteiger partial charge in [0.1, 0.15) is 0 Å². The van der Waals surface area contributed by atoms with Crippen molar-refractivity contribution in [2.24, 2.45) is 0 Å². The van der Waals surface area contributed by atoms with Crippen molar-refractivity contribution in [3.63, 3.8) is 0 Å². The largest absolute Gasteiger partial charge is 0.316 e. The molecule has 0 aliphatic carbocycles. The zero-order valence-electron chi connectivity index (χ0n) is 19.3. The van der Waals surface area contributed by atoms with Crippen LogP contribution >= 0.6 is 0 Å². The molecule has 0 saturated heterocycles. The van der Waals surface area contributed by atoms with E-state index in [4.69, 9.17) is 0 Å². The van der Waals surface area contributed by atoms with Gasteiger partial charge in [-0.1, -0.05) is 6.07 Å². The first-order chi connectivity index (χ1) is 15.7. The Morgan fingerprint density at radius 2 is 1.12 bits per heavy atom. The van der Waals surface area contributed by atoms with E-state index in [2.05, 4.69) is 30.6 Å². The van der Waals surface area contributed by atoms with Crippen LogP contribution in [-0.2, 0) is 13.1 Å². The van der Waals surface area contributed by atoms with E-state index in [1.54, 1.807) is 6.07 Å². The number of H-pyrrole nitrogens is 4. The number of aromatic amines is 4. The van der Waals surface area contributed by atoms with Gasteiger partial charge < -0.3 is 30.6 Å². The molecule has 2 aromatic heterocycles. The molecule has 174 valence electrons. The second kappa shape index (κ2) is 9.80. The first-order valence-electron chi connectivity index (χ1n) is 10.5. The molecule has 0 bridgehead atoms. The fourth-order valence-electron chi connectivity index (χ4n) is 3.73. The van der Waals surface area contributed by atoms with Gasteiger partial charge in [0.05, 0.1) is 22.1 Å². The summed E-state index contributed by atoms with van der Waals surface area (Å²) in [5.41, 5.74) is 5.54. The minimum Gasteiger partial charge on any atom is -0.316 e. The molecule has 0 atom stereocenters. The van der Waals surface area contributed by atoms with Crippen LogP contribution in [0.1, 0.15) is 27.8 Å². The molecule has 2 aromatic carbocycles. The third-order valence-corrected chi connectivity index (χ3v) is 5.62. The molecule has 0 saturated carbocycles. The predicted molar refractivity (Wildman–Crippen MR) is 130 cm³/mol. The number of fused-ring (bicyclic) bond motifs is 2. The first kappa shape index (κ1) is 23.9. The minimum absolute atomic E-state index is 0.613. The summed E-state index contributed by atoms with van der Waals surface area (Å²) in [5, 5.41) is 6.10. The van der Waals surface area contributed by atoms with Crippen LogP contribution in [0.4, 0.5) is 0 Å². The Morgan fingerprint density at radius 1 is 0.636 bits per heavy atom. The number of hydrogen-bond donors (Lipinski definition) is 6. The van der Waals surface area contributed by atoms with Crippen molar-refractivity contribution < 1.29 is 0 Å². The lowest BCUT2D eigenvalue weighted by molar-refractivity contribution is 0.813. The standard InChI is InChI=1S/C12H15N3O2.C11H13N3O2/c1-6-4-9-10(8(5-13-3)7(6)2)15-12(17)11(16)14-9;1-6-3-4-8-9(7(6)5-12-2)14-11(16)10(15)13-8/h4,13H,5H2,1-3H3,(H,14,16)(H,15,17);3-4,12H,5H2,1-2H3,(H,13,15)(H,14,16). The highest BCUT2D eigenvalue weighted by atomic mass is 16.2. The molecule has 0 spiro atoms. The van der Waals surface area contributed by atoms with Crippen LogP contribution in [0, 0.1) is 20.8 Å². The molecule has 4 aromatic rings. The molecule has 0 amide bonds. The van der Waals surface area contributed by atoms with E-state index >= 15 is 0 Å². The van der Waals surface area contributed by atoms with Crippen LogP contribution in [0.5, 0.6) is 0 Å². The van der Waals surface area contributed by atoms with Crippen molar-refractivity contribution in [3.8, 4) is 0 Å². The zero-order chi connectivity index (χ0) is 24.3. The fourth-order valence-corrected chi connectivity index (χ4v) is 3.73. The Balaban J connectivity index is 0.000000186. The van der Waals surface area contributed by atoms with Crippen molar-refractivity contribution in [2.75, 3.05) is 14.1 Å². The molecular formula is C23H28N6O4. The van der Waals surface area contributed by atoms with Gasteiger partial charge in [-0.3, -0.25) is 19.2 Å². The molecular weight excluding hydrogens is 424 g/mol. The summed E-state index contributed by atoms with van der Waals surface area (Å²) in [6.45, 7) is 7.24. The van der Waals surface area contributed by atoms with E-state index in [1.165, 1.54) is 0 Å². The van der Waals surface area contributed by atoms with Gasteiger partial charge >= 0.3 is 22.2 Å². The SMILES string of the molecule is CNCc1c(C)c(C)cc2[nH]c(=O)c(=O)[nH]c12.CNCc1c(C)ccc2[nH]c(=O)c(=O)[nH]c12. The quantitative estimate of drug-likeness (QED) is 0.252. The monoisotopic (exact) mass is 452 g/mol. The number of nitrogens with one attached hydrogen (secondary N) is 6. The molecule has 4 rings (SSSR count). The number of benzene rings is 2. The Hall–Kier alpha value is -3.76. The molecule has 0 radical (unpaired) electrons. The van der Waals surface area contributed by atoms with E-state index in [1.807, 2.05) is 47.0 Å². The summed E-state index contributed by atoms with van der Waals surface area (Å²) in [5.74, 6) is 0. The molecule has 0 unspecified atom stereocenters. The van der Waals surface area contributed by atoms with Gasteiger partial charge in [0.25, 0.3) is 0 Å². The normalized spacial score (nSPS) is 10.9. The molecule has 2 heterocycles. The molecule has 0 fully saturated rings. The van der Waals surface area contributed by atoms with E-state index in [0.717, 1.165) is 27.8 Å². The van der Waals surface area contributed by atoms with E-state index in [0.29, 0.717) is 35.2 Å². The Labute approximate surface area is 188 Å². The first-order valence-corrected chi connectivity index (χ1v) is 10.5. The maximum atomic E-state index is 11.4. The summed E-state index contributed by atoms with van der Waals surface area (Å²) < 4.78 is 0. The average molecular weight is 453 g/mol. The Kier molecular flexibility index (Phi) is 7.10. The summed E-state index contributed by atoms with van der Waals surface area (Å²) >= 11 is 0. The maximum Gasteiger partial charge on any atom is 0.314 e. The molecule has 0 aliphatic rings. The van der Waals surface area contributed by atoms with Crippen molar-refractivity contribution in [2.45, 2.75) is 33.9 Å². The zero-order valence-corrected chi connectivity index (χ0v) is 19.3. The topological polar surface area (TPSA) is 155 Å². The summed E-state index contributed by atoms with van der Waals surface area (Å²) in [7, 11) is 3.68. The average Bonchev–Trinajstić information content (AvgIpc) is 2.77. The Bertz CT molecular complexity index is 1560. The predicted octanol–water partition coefficient (Wildman–Crippen LogP) is 0.797. The van der Waals surface area contributed by atoms with Crippen LogP contribution in [0.15, 0.2) is 37.4 Å². The van der Waals surface area contributed by atoms with Gasteiger partial charge in [-0.25, -0.2) is 0 Å². The molecule has 6 N–H and O–H groups in total. The van der Waals surface area contributed by atoms with Crippen LogP contribution in [-0.4, -0.2) is 34.0 Å². The Morgan fingerprint density at radius 3 is 1.70 bits per heavy atom.